The number of aliphatic hydroxyl groups excluding tert-OH is 3. The summed E-state index contributed by atoms with van der Waals surface area (Å²) in [6.45, 7) is 0.254. The molecule has 6 N–H and O–H groups in total. The van der Waals surface area contributed by atoms with Gasteiger partial charge in [-0.1, -0.05) is 12.8 Å². The summed E-state index contributed by atoms with van der Waals surface area (Å²) in [5.41, 5.74) is 0.402. The Labute approximate surface area is 201 Å². The monoisotopic (exact) mass is 520 g/mol. The second-order valence-electron chi connectivity index (χ2n) is 8.98. The molecule has 0 bridgehead atoms. The van der Waals surface area contributed by atoms with Gasteiger partial charge >= 0.3 is 7.60 Å². The van der Waals surface area contributed by atoms with Crippen molar-refractivity contribution in [3.05, 3.63) is 17.5 Å². The second kappa shape index (κ2) is 9.96. The fraction of sp³-hybridized carbons (Fsp3) is 0.700. The number of hydrogen-bond donors (Lipinski definition) is 6. The van der Waals surface area contributed by atoms with Crippen molar-refractivity contribution < 1.29 is 39.1 Å². The first-order valence-electron chi connectivity index (χ1n) is 11.2. The van der Waals surface area contributed by atoms with Crippen LogP contribution in [0.3, 0.4) is 0 Å². The summed E-state index contributed by atoms with van der Waals surface area (Å²) in [4.78, 5) is 27.8. The van der Waals surface area contributed by atoms with E-state index in [1.165, 1.54) is 11.5 Å². The van der Waals surface area contributed by atoms with Gasteiger partial charge in [0.2, 0.25) is 5.28 Å². The predicted octanol–water partition coefficient (Wildman–Crippen LogP) is 1.35. The van der Waals surface area contributed by atoms with Crippen molar-refractivity contribution in [2.45, 2.75) is 75.0 Å². The number of anilines is 1. The van der Waals surface area contributed by atoms with Gasteiger partial charge in [0.15, 0.2) is 11.6 Å². The zero-order chi connectivity index (χ0) is 24.7. The van der Waals surface area contributed by atoms with E-state index in [0.717, 1.165) is 25.7 Å². The van der Waals surface area contributed by atoms with Gasteiger partial charge in [-0.05, 0) is 37.4 Å². The number of ether oxygens (including phenoxy) is 2. The minimum absolute atomic E-state index is 0.0160. The highest BCUT2D eigenvalue weighted by Crippen LogP contribution is 2.53. The fourth-order valence-corrected chi connectivity index (χ4v) is 5.25. The third-order valence-electron chi connectivity index (χ3n) is 6.60. The summed E-state index contributed by atoms with van der Waals surface area (Å²) in [7, 11) is -4.74. The number of halogens is 1. The Kier molecular flexibility index (Phi) is 7.54. The van der Waals surface area contributed by atoms with E-state index in [4.69, 9.17) is 21.1 Å². The van der Waals surface area contributed by atoms with Crippen LogP contribution < -0.4 is 5.32 Å². The molecule has 2 aromatic heterocycles. The molecule has 34 heavy (non-hydrogen) atoms. The molecule has 14 heteroatoms. The maximum atomic E-state index is 11.8. The number of aliphatic hydroxyl groups is 3. The molecule has 2 aromatic rings. The van der Waals surface area contributed by atoms with Crippen LogP contribution in [0, 0.1) is 0 Å². The van der Waals surface area contributed by atoms with Crippen molar-refractivity contribution in [2.75, 3.05) is 18.5 Å². The van der Waals surface area contributed by atoms with Crippen molar-refractivity contribution in [3.63, 3.8) is 0 Å². The molecule has 1 saturated carbocycles. The molecule has 4 rings (SSSR count). The summed E-state index contributed by atoms with van der Waals surface area (Å²) in [5.74, 6) is 0.579. The first-order chi connectivity index (χ1) is 16.0. The fourth-order valence-electron chi connectivity index (χ4n) is 4.45. The molecule has 1 unspecified atom stereocenters. The van der Waals surface area contributed by atoms with E-state index >= 15 is 0 Å². The largest absolute Gasteiger partial charge is 0.396 e. The van der Waals surface area contributed by atoms with Gasteiger partial charge < -0.3 is 44.5 Å². The number of rotatable bonds is 9. The summed E-state index contributed by atoms with van der Waals surface area (Å²) in [5, 5.41) is 32.5. The third kappa shape index (κ3) is 4.97. The van der Waals surface area contributed by atoms with Crippen LogP contribution in [0.5, 0.6) is 0 Å². The highest BCUT2D eigenvalue weighted by Gasteiger charge is 2.48. The van der Waals surface area contributed by atoms with Gasteiger partial charge in [-0.2, -0.15) is 4.98 Å². The van der Waals surface area contributed by atoms with E-state index in [9.17, 15) is 29.7 Å². The maximum Gasteiger partial charge on any atom is 0.356 e. The SMILES string of the molecule is CC(CCO)(OC[C@H]1O[C@@H](n2ccc3c(NC4CCCC4)nc(Cl)nc32)[C@H](O)[C@@H]1O)P(=O)(O)O. The van der Waals surface area contributed by atoms with E-state index in [-0.39, 0.29) is 17.7 Å². The van der Waals surface area contributed by atoms with Crippen LogP contribution in [0.1, 0.15) is 45.3 Å². The average molecular weight is 521 g/mol. The molecule has 2 aliphatic rings. The van der Waals surface area contributed by atoms with Gasteiger partial charge in [-0.25, -0.2) is 4.98 Å². The Morgan fingerprint density at radius 2 is 2.00 bits per heavy atom. The quantitative estimate of drug-likeness (QED) is 0.207. The zero-order valence-electron chi connectivity index (χ0n) is 18.6. The van der Waals surface area contributed by atoms with Crippen LogP contribution in [0.4, 0.5) is 5.82 Å². The van der Waals surface area contributed by atoms with Gasteiger partial charge in [0.05, 0.1) is 12.0 Å². The molecule has 1 aliphatic heterocycles. The number of nitrogens with one attached hydrogen (secondary N) is 1. The lowest BCUT2D eigenvalue weighted by Crippen LogP contribution is -2.38. The Morgan fingerprint density at radius 1 is 1.29 bits per heavy atom. The molecule has 12 nitrogen and oxygen atoms in total. The van der Waals surface area contributed by atoms with Crippen molar-refractivity contribution in [1.82, 2.24) is 14.5 Å². The molecular weight excluding hydrogens is 491 g/mol. The average Bonchev–Trinajstić information content (AvgIpc) is 3.48. The Bertz CT molecular complexity index is 1060. The topological polar surface area (TPSA) is 179 Å². The number of nitrogens with zero attached hydrogens (tertiary/aromatic N) is 3. The van der Waals surface area contributed by atoms with E-state index in [2.05, 4.69) is 15.3 Å². The predicted molar refractivity (Wildman–Crippen MR) is 122 cm³/mol. The van der Waals surface area contributed by atoms with E-state index < -0.39 is 50.7 Å². The van der Waals surface area contributed by atoms with Gasteiger partial charge in [0.1, 0.15) is 29.8 Å². The Balaban J connectivity index is 1.55. The molecule has 3 heterocycles. The highest BCUT2D eigenvalue weighted by molar-refractivity contribution is 7.53. The van der Waals surface area contributed by atoms with Gasteiger partial charge in [-0.3, -0.25) is 4.57 Å². The number of fused-ring (bicyclic) bond motifs is 1. The molecular formula is C20H30ClN4O8P. The molecule has 1 saturated heterocycles. The van der Waals surface area contributed by atoms with Crippen molar-refractivity contribution in [1.29, 1.82) is 0 Å². The lowest BCUT2D eigenvalue weighted by atomic mass is 10.1. The van der Waals surface area contributed by atoms with Crippen molar-refractivity contribution >= 4 is 36.0 Å². The lowest BCUT2D eigenvalue weighted by Gasteiger charge is -2.31. The van der Waals surface area contributed by atoms with Crippen molar-refractivity contribution in [3.8, 4) is 0 Å². The normalized spacial score (nSPS) is 28.0. The number of aromatic nitrogens is 3. The second-order valence-corrected chi connectivity index (χ2v) is 11.3. The standard InChI is InChI=1S/C20H30ClN4O8P/c1-20(7-9-26,34(29,30)31)32-10-13-14(27)15(28)18(33-13)25-8-6-12-16(22-11-4-2-3-5-11)23-19(21)24-17(12)25/h6,8,11,13-15,18,26-28H,2-5,7,9-10H2,1H3,(H,22,23,24)(H2,29,30,31)/t13-,14-,15-,18-,20?/m1/s1. The Hall–Kier alpha value is -1.34. The van der Waals surface area contributed by atoms with Crippen molar-refractivity contribution in [2.24, 2.45) is 0 Å². The number of hydrogen-bond acceptors (Lipinski definition) is 9. The van der Waals surface area contributed by atoms with E-state index in [0.29, 0.717) is 16.9 Å². The van der Waals surface area contributed by atoms with E-state index in [1.54, 1.807) is 12.3 Å². The lowest BCUT2D eigenvalue weighted by molar-refractivity contribution is -0.0957. The molecule has 1 aliphatic carbocycles. The van der Waals surface area contributed by atoms with Crippen LogP contribution in [0.15, 0.2) is 12.3 Å². The minimum atomic E-state index is -4.74. The van der Waals surface area contributed by atoms with Crippen LogP contribution in [-0.4, -0.2) is 82.6 Å². The van der Waals surface area contributed by atoms with Crippen LogP contribution in [0.25, 0.3) is 11.0 Å². The Morgan fingerprint density at radius 3 is 2.65 bits per heavy atom. The van der Waals surface area contributed by atoms with Gasteiger partial charge in [0.25, 0.3) is 0 Å². The molecule has 190 valence electrons. The molecule has 0 aromatic carbocycles. The third-order valence-corrected chi connectivity index (χ3v) is 8.36. The highest BCUT2D eigenvalue weighted by atomic mass is 35.5. The van der Waals surface area contributed by atoms with Gasteiger partial charge in [-0.15, -0.1) is 0 Å². The molecule has 0 spiro atoms. The zero-order valence-corrected chi connectivity index (χ0v) is 20.3. The van der Waals surface area contributed by atoms with Gasteiger partial charge in [0, 0.05) is 25.3 Å². The van der Waals surface area contributed by atoms with Crippen LogP contribution >= 0.6 is 19.2 Å². The maximum absolute atomic E-state index is 11.8. The van der Waals surface area contributed by atoms with Crippen LogP contribution in [-0.2, 0) is 14.0 Å². The summed E-state index contributed by atoms with van der Waals surface area (Å²) < 4.78 is 24.6. The van der Waals surface area contributed by atoms with E-state index in [1.807, 2.05) is 0 Å². The first kappa shape index (κ1) is 25.7. The smallest absolute Gasteiger partial charge is 0.356 e. The molecule has 0 amide bonds. The minimum Gasteiger partial charge on any atom is -0.396 e. The summed E-state index contributed by atoms with van der Waals surface area (Å²) in [6, 6.07) is 2.05. The molecule has 5 atom stereocenters. The molecule has 0 radical (unpaired) electrons. The summed E-state index contributed by atoms with van der Waals surface area (Å²) in [6.07, 6.45) is 0.770. The summed E-state index contributed by atoms with van der Waals surface area (Å²) >= 11 is 6.17. The first-order valence-corrected chi connectivity index (χ1v) is 13.2. The van der Waals surface area contributed by atoms with Crippen LogP contribution in [0.2, 0.25) is 5.28 Å². The molecule has 2 fully saturated rings.